The van der Waals surface area contributed by atoms with E-state index < -0.39 is 10.0 Å². The van der Waals surface area contributed by atoms with Gasteiger partial charge in [-0.1, -0.05) is 0 Å². The third-order valence-electron chi connectivity index (χ3n) is 4.52. The Morgan fingerprint density at radius 1 is 1.17 bits per heavy atom. The van der Waals surface area contributed by atoms with Gasteiger partial charge in [0.1, 0.15) is 0 Å². The zero-order chi connectivity index (χ0) is 17.0. The molecule has 0 aromatic heterocycles. The molecular weight excluding hydrogens is 318 g/mol. The normalized spacial score (nSPS) is 28.7. The number of nitrogens with zero attached hydrogens (tertiary/aromatic N) is 2. The summed E-state index contributed by atoms with van der Waals surface area (Å²) >= 11 is 0. The molecular formula is C15H29N3O4S. The van der Waals surface area contributed by atoms with E-state index in [0.29, 0.717) is 32.5 Å². The molecule has 23 heavy (non-hydrogen) atoms. The number of rotatable bonds is 5. The van der Waals surface area contributed by atoms with Gasteiger partial charge in [0.05, 0.1) is 18.5 Å². The van der Waals surface area contributed by atoms with Crippen LogP contribution in [0.25, 0.3) is 0 Å². The fourth-order valence-electron chi connectivity index (χ4n) is 3.40. The number of nitrogens with one attached hydrogen (secondary N) is 1. The van der Waals surface area contributed by atoms with E-state index in [2.05, 4.69) is 24.1 Å². The molecule has 0 aromatic rings. The van der Waals surface area contributed by atoms with Gasteiger partial charge in [0.2, 0.25) is 15.9 Å². The van der Waals surface area contributed by atoms with Crippen molar-refractivity contribution in [3.05, 3.63) is 0 Å². The summed E-state index contributed by atoms with van der Waals surface area (Å²) in [7, 11) is -3.13. The average molecular weight is 347 g/mol. The number of morpholine rings is 1. The number of amides is 1. The van der Waals surface area contributed by atoms with Crippen molar-refractivity contribution in [3.8, 4) is 0 Å². The Morgan fingerprint density at radius 2 is 1.74 bits per heavy atom. The van der Waals surface area contributed by atoms with E-state index in [1.165, 1.54) is 10.6 Å². The minimum absolute atomic E-state index is 0.0486. The van der Waals surface area contributed by atoms with Gasteiger partial charge < -0.3 is 10.1 Å². The van der Waals surface area contributed by atoms with Gasteiger partial charge in [-0.3, -0.25) is 9.69 Å². The van der Waals surface area contributed by atoms with Gasteiger partial charge in [0.15, 0.2) is 0 Å². The lowest BCUT2D eigenvalue weighted by Crippen LogP contribution is -2.48. The van der Waals surface area contributed by atoms with Crippen LogP contribution in [0.3, 0.4) is 0 Å². The lowest BCUT2D eigenvalue weighted by Gasteiger charge is -2.35. The molecule has 1 N–H and O–H groups in total. The van der Waals surface area contributed by atoms with Crippen LogP contribution in [0.1, 0.15) is 26.7 Å². The molecule has 2 fully saturated rings. The second-order valence-electron chi connectivity index (χ2n) is 6.74. The quantitative estimate of drug-likeness (QED) is 0.750. The first-order chi connectivity index (χ1) is 10.8. The van der Waals surface area contributed by atoms with Gasteiger partial charge in [0.25, 0.3) is 0 Å². The Labute approximate surface area is 139 Å². The van der Waals surface area contributed by atoms with Gasteiger partial charge in [0, 0.05) is 45.2 Å². The third-order valence-corrected chi connectivity index (χ3v) is 5.82. The minimum atomic E-state index is -3.13. The first-order valence-corrected chi connectivity index (χ1v) is 10.2. The second-order valence-corrected chi connectivity index (χ2v) is 8.73. The predicted octanol–water partition coefficient (Wildman–Crippen LogP) is -0.117. The van der Waals surface area contributed by atoms with E-state index >= 15 is 0 Å². The first kappa shape index (κ1) is 18.6. The summed E-state index contributed by atoms with van der Waals surface area (Å²) in [5.41, 5.74) is 0. The van der Waals surface area contributed by atoms with Gasteiger partial charge in [-0.05, 0) is 26.7 Å². The van der Waals surface area contributed by atoms with Crippen molar-refractivity contribution in [3.63, 3.8) is 0 Å². The van der Waals surface area contributed by atoms with Crippen LogP contribution in [-0.2, 0) is 19.6 Å². The largest absolute Gasteiger partial charge is 0.373 e. The smallest absolute Gasteiger partial charge is 0.223 e. The zero-order valence-electron chi connectivity index (χ0n) is 14.3. The molecule has 0 radical (unpaired) electrons. The van der Waals surface area contributed by atoms with E-state index in [1.807, 2.05) is 0 Å². The molecule has 2 aliphatic heterocycles. The minimum Gasteiger partial charge on any atom is -0.373 e. The highest BCUT2D eigenvalue weighted by Gasteiger charge is 2.29. The molecule has 2 rings (SSSR count). The van der Waals surface area contributed by atoms with Crippen molar-refractivity contribution in [1.29, 1.82) is 0 Å². The predicted molar refractivity (Wildman–Crippen MR) is 88.6 cm³/mol. The van der Waals surface area contributed by atoms with Crippen LogP contribution in [0, 0.1) is 5.92 Å². The van der Waals surface area contributed by atoms with Crippen molar-refractivity contribution in [2.45, 2.75) is 38.9 Å². The maximum Gasteiger partial charge on any atom is 0.223 e. The SMILES string of the molecule is C[C@@H]1CN(CCNC(=O)C2CCN(S(C)(=O)=O)CC2)C[C@H](C)O1. The lowest BCUT2D eigenvalue weighted by molar-refractivity contribution is -0.126. The van der Waals surface area contributed by atoms with E-state index in [0.717, 1.165) is 19.6 Å². The first-order valence-electron chi connectivity index (χ1n) is 8.36. The van der Waals surface area contributed by atoms with Gasteiger partial charge in [-0.15, -0.1) is 0 Å². The number of hydrogen-bond acceptors (Lipinski definition) is 5. The Kier molecular flexibility index (Phi) is 6.41. The summed E-state index contributed by atoms with van der Waals surface area (Å²) in [6.07, 6.45) is 2.89. The van der Waals surface area contributed by atoms with E-state index in [-0.39, 0.29) is 24.0 Å². The molecule has 0 saturated carbocycles. The molecule has 0 aromatic carbocycles. The highest BCUT2D eigenvalue weighted by molar-refractivity contribution is 7.88. The summed E-state index contributed by atoms with van der Waals surface area (Å²) in [6.45, 7) is 8.26. The van der Waals surface area contributed by atoms with Crippen LogP contribution in [0.15, 0.2) is 0 Å². The Morgan fingerprint density at radius 3 is 2.26 bits per heavy atom. The van der Waals surface area contributed by atoms with Gasteiger partial charge in [-0.2, -0.15) is 0 Å². The summed E-state index contributed by atoms with van der Waals surface area (Å²) < 4.78 is 30.1. The molecule has 8 heteroatoms. The number of sulfonamides is 1. The van der Waals surface area contributed by atoms with E-state index in [4.69, 9.17) is 4.74 Å². The van der Waals surface area contributed by atoms with Crippen LogP contribution in [0.4, 0.5) is 0 Å². The van der Waals surface area contributed by atoms with Crippen LogP contribution in [0.2, 0.25) is 0 Å². The average Bonchev–Trinajstić information content (AvgIpc) is 2.45. The second kappa shape index (κ2) is 7.92. The van der Waals surface area contributed by atoms with Gasteiger partial charge in [-0.25, -0.2) is 12.7 Å². The maximum absolute atomic E-state index is 12.2. The molecule has 0 aliphatic carbocycles. The summed E-state index contributed by atoms with van der Waals surface area (Å²) in [6, 6.07) is 0. The number of ether oxygens (including phenoxy) is 1. The fourth-order valence-corrected chi connectivity index (χ4v) is 4.27. The molecule has 2 atom stereocenters. The molecule has 0 unspecified atom stereocenters. The van der Waals surface area contributed by atoms with Crippen molar-refractivity contribution >= 4 is 15.9 Å². The number of piperidine rings is 1. The van der Waals surface area contributed by atoms with Crippen LogP contribution in [-0.4, -0.2) is 81.3 Å². The molecule has 1 amide bonds. The fraction of sp³-hybridized carbons (Fsp3) is 0.933. The molecule has 2 aliphatic rings. The maximum atomic E-state index is 12.2. The summed E-state index contributed by atoms with van der Waals surface area (Å²) in [5, 5.41) is 2.99. The summed E-state index contributed by atoms with van der Waals surface area (Å²) in [5.74, 6) is -0.0250. The van der Waals surface area contributed by atoms with E-state index in [1.54, 1.807) is 0 Å². The van der Waals surface area contributed by atoms with Crippen molar-refractivity contribution in [2.75, 3.05) is 45.5 Å². The Balaban J connectivity index is 1.68. The van der Waals surface area contributed by atoms with Crippen LogP contribution >= 0.6 is 0 Å². The third kappa shape index (κ3) is 5.70. The van der Waals surface area contributed by atoms with Crippen molar-refractivity contribution < 1.29 is 17.9 Å². The van der Waals surface area contributed by atoms with Crippen molar-refractivity contribution in [1.82, 2.24) is 14.5 Å². The number of carbonyl (C=O) groups excluding carboxylic acids is 1. The Bertz CT molecular complexity index is 493. The Hall–Kier alpha value is -0.700. The highest BCUT2D eigenvalue weighted by Crippen LogP contribution is 2.19. The summed E-state index contributed by atoms with van der Waals surface area (Å²) in [4.78, 5) is 14.5. The van der Waals surface area contributed by atoms with Gasteiger partial charge >= 0.3 is 0 Å². The number of carbonyl (C=O) groups is 1. The molecule has 2 saturated heterocycles. The monoisotopic (exact) mass is 347 g/mol. The number of hydrogen-bond donors (Lipinski definition) is 1. The van der Waals surface area contributed by atoms with Crippen molar-refractivity contribution in [2.24, 2.45) is 5.92 Å². The standard InChI is InChI=1S/C15H29N3O4S/c1-12-10-17(11-13(2)22-12)9-6-16-15(19)14-4-7-18(8-5-14)23(3,20)21/h12-14H,4-11H2,1-3H3,(H,16,19)/t12-,13+. The topological polar surface area (TPSA) is 79.0 Å². The van der Waals surface area contributed by atoms with Crippen LogP contribution in [0.5, 0.6) is 0 Å². The molecule has 2 heterocycles. The molecule has 134 valence electrons. The molecule has 0 spiro atoms. The van der Waals surface area contributed by atoms with Crippen LogP contribution < -0.4 is 5.32 Å². The van der Waals surface area contributed by atoms with E-state index in [9.17, 15) is 13.2 Å². The molecule has 7 nitrogen and oxygen atoms in total. The highest BCUT2D eigenvalue weighted by atomic mass is 32.2. The molecule has 0 bridgehead atoms. The lowest BCUT2D eigenvalue weighted by atomic mass is 9.97. The zero-order valence-corrected chi connectivity index (χ0v) is 15.1.